The van der Waals surface area contributed by atoms with Gasteiger partial charge in [0.15, 0.2) is 0 Å². The molecule has 1 unspecified atom stereocenters. The minimum atomic E-state index is -0.578. The van der Waals surface area contributed by atoms with Gasteiger partial charge in [-0.05, 0) is 55.5 Å². The van der Waals surface area contributed by atoms with E-state index in [1.54, 1.807) is 30.2 Å². The number of rotatable bonds is 11. The van der Waals surface area contributed by atoms with E-state index in [4.69, 9.17) is 10.5 Å². The third-order valence-electron chi connectivity index (χ3n) is 7.45. The fourth-order valence-electron chi connectivity index (χ4n) is 5.24. The van der Waals surface area contributed by atoms with Crippen molar-refractivity contribution in [2.24, 2.45) is 5.73 Å². The molecule has 39 heavy (non-hydrogen) atoms. The summed E-state index contributed by atoms with van der Waals surface area (Å²) in [6.07, 6.45) is 2.27. The maximum Gasteiger partial charge on any atom is 0.254 e. The number of methoxy groups -OCH3 is 1. The standard InChI is InChI=1S/C32H40N4O3/c1-24-11-13-26(14-12-24)23-35(19-15-25-7-4-3-5-8-25)28-16-20-36(30(22-28)31(37)34-18-17-33)32(38)27-9-6-10-29(21-27)39-2/h3-14,21,28,30H,15-20,22-23,33H2,1-2H3,(H,34,37)/t28?,30-/m1/s1. The molecule has 0 radical (unpaired) electrons. The van der Waals surface area contributed by atoms with Crippen LogP contribution in [0.3, 0.4) is 0 Å². The molecule has 0 spiro atoms. The van der Waals surface area contributed by atoms with Crippen LogP contribution in [0.2, 0.25) is 0 Å². The van der Waals surface area contributed by atoms with Crippen LogP contribution in [-0.2, 0) is 17.8 Å². The Morgan fingerprint density at radius 3 is 2.51 bits per heavy atom. The molecule has 206 valence electrons. The third-order valence-corrected chi connectivity index (χ3v) is 7.45. The highest BCUT2D eigenvalue weighted by molar-refractivity contribution is 5.98. The summed E-state index contributed by atoms with van der Waals surface area (Å²) in [5.74, 6) is 0.305. The number of carbonyl (C=O) groups is 2. The molecule has 7 nitrogen and oxygen atoms in total. The Morgan fingerprint density at radius 1 is 1.03 bits per heavy atom. The van der Waals surface area contributed by atoms with Gasteiger partial charge in [0.25, 0.3) is 5.91 Å². The molecule has 3 N–H and O–H groups in total. The molecular weight excluding hydrogens is 488 g/mol. The summed E-state index contributed by atoms with van der Waals surface area (Å²) >= 11 is 0. The van der Waals surface area contributed by atoms with Crippen LogP contribution in [0.4, 0.5) is 0 Å². The van der Waals surface area contributed by atoms with Gasteiger partial charge in [0.1, 0.15) is 11.8 Å². The van der Waals surface area contributed by atoms with Crippen LogP contribution in [0.5, 0.6) is 5.75 Å². The SMILES string of the molecule is COc1cccc(C(=O)N2CCC(N(CCc3ccccc3)Cc3ccc(C)cc3)C[C@@H]2C(=O)NCCN)c1. The van der Waals surface area contributed by atoms with Gasteiger partial charge in [-0.25, -0.2) is 0 Å². The van der Waals surface area contributed by atoms with Gasteiger partial charge in [-0.1, -0.05) is 66.2 Å². The van der Waals surface area contributed by atoms with Crippen LogP contribution >= 0.6 is 0 Å². The second-order valence-electron chi connectivity index (χ2n) is 10.2. The molecule has 3 aromatic carbocycles. The number of carbonyl (C=O) groups excluding carboxylic acids is 2. The third kappa shape index (κ3) is 7.68. The van der Waals surface area contributed by atoms with Crippen LogP contribution in [0.25, 0.3) is 0 Å². The molecule has 1 heterocycles. The molecule has 0 aliphatic carbocycles. The summed E-state index contributed by atoms with van der Waals surface area (Å²) in [4.78, 5) is 31.2. The van der Waals surface area contributed by atoms with Crippen molar-refractivity contribution in [1.29, 1.82) is 0 Å². The minimum Gasteiger partial charge on any atom is -0.497 e. The first-order valence-corrected chi connectivity index (χ1v) is 13.7. The van der Waals surface area contributed by atoms with Gasteiger partial charge in [0, 0.05) is 44.3 Å². The van der Waals surface area contributed by atoms with Crippen molar-refractivity contribution in [3.05, 3.63) is 101 Å². The second kappa shape index (κ2) is 13.9. The highest BCUT2D eigenvalue weighted by Gasteiger charge is 2.38. The minimum absolute atomic E-state index is 0.151. The zero-order chi connectivity index (χ0) is 27.6. The van der Waals surface area contributed by atoms with Crippen LogP contribution in [0, 0.1) is 6.92 Å². The van der Waals surface area contributed by atoms with E-state index in [2.05, 4.69) is 65.7 Å². The van der Waals surface area contributed by atoms with Crippen LogP contribution in [-0.4, -0.2) is 67.0 Å². The van der Waals surface area contributed by atoms with Crippen molar-refractivity contribution < 1.29 is 14.3 Å². The monoisotopic (exact) mass is 528 g/mol. The number of ether oxygens (including phenoxy) is 1. The van der Waals surface area contributed by atoms with Crippen molar-refractivity contribution in [2.45, 2.75) is 44.8 Å². The Morgan fingerprint density at radius 2 is 1.79 bits per heavy atom. The molecule has 7 heteroatoms. The van der Waals surface area contributed by atoms with Gasteiger partial charge < -0.3 is 20.7 Å². The molecule has 0 aromatic heterocycles. The number of likely N-dealkylation sites (tertiary alicyclic amines) is 1. The topological polar surface area (TPSA) is 87.9 Å². The van der Waals surface area contributed by atoms with E-state index < -0.39 is 6.04 Å². The van der Waals surface area contributed by atoms with E-state index in [0.29, 0.717) is 37.4 Å². The van der Waals surface area contributed by atoms with Crippen LogP contribution < -0.4 is 15.8 Å². The Kier molecular flexibility index (Phi) is 10.1. The molecule has 4 rings (SSSR count). The molecule has 1 aliphatic rings. The first kappa shape index (κ1) is 28.3. The average Bonchev–Trinajstić information content (AvgIpc) is 2.98. The average molecular weight is 529 g/mol. The van der Waals surface area contributed by atoms with Crippen LogP contribution in [0.1, 0.15) is 39.9 Å². The zero-order valence-corrected chi connectivity index (χ0v) is 23.0. The van der Waals surface area contributed by atoms with E-state index in [0.717, 1.165) is 25.9 Å². The Bertz CT molecular complexity index is 1220. The summed E-state index contributed by atoms with van der Waals surface area (Å²) in [7, 11) is 1.58. The maximum atomic E-state index is 13.6. The lowest BCUT2D eigenvalue weighted by Crippen LogP contribution is -2.57. The van der Waals surface area contributed by atoms with Crippen molar-refractivity contribution in [3.63, 3.8) is 0 Å². The number of nitrogens with zero attached hydrogens (tertiary/aromatic N) is 2. The predicted octanol–water partition coefficient (Wildman–Crippen LogP) is 3.80. The molecule has 1 fully saturated rings. The first-order valence-electron chi connectivity index (χ1n) is 13.7. The van der Waals surface area contributed by atoms with E-state index >= 15 is 0 Å². The summed E-state index contributed by atoms with van der Waals surface area (Å²) < 4.78 is 5.32. The van der Waals surface area contributed by atoms with Gasteiger partial charge in [-0.3, -0.25) is 14.5 Å². The van der Waals surface area contributed by atoms with Crippen molar-refractivity contribution in [1.82, 2.24) is 15.1 Å². The smallest absolute Gasteiger partial charge is 0.254 e. The lowest BCUT2D eigenvalue weighted by atomic mass is 9.93. The predicted molar refractivity (Wildman–Crippen MR) is 155 cm³/mol. The number of hydrogen-bond acceptors (Lipinski definition) is 5. The Balaban J connectivity index is 1.57. The molecule has 2 atom stereocenters. The number of amides is 2. The Hall–Kier alpha value is -3.68. The normalized spacial score (nSPS) is 17.2. The summed E-state index contributed by atoms with van der Waals surface area (Å²) in [5.41, 5.74) is 9.95. The summed E-state index contributed by atoms with van der Waals surface area (Å²) in [6.45, 7) is 4.97. The molecule has 0 bridgehead atoms. The number of piperidine rings is 1. The number of nitrogens with one attached hydrogen (secondary N) is 1. The van der Waals surface area contributed by atoms with E-state index in [9.17, 15) is 9.59 Å². The lowest BCUT2D eigenvalue weighted by Gasteiger charge is -2.43. The number of aryl methyl sites for hydroxylation is 1. The molecule has 0 saturated carbocycles. The molecule has 1 aliphatic heterocycles. The highest BCUT2D eigenvalue weighted by Crippen LogP contribution is 2.27. The van der Waals surface area contributed by atoms with Gasteiger partial charge in [0.05, 0.1) is 7.11 Å². The van der Waals surface area contributed by atoms with Gasteiger partial charge in [-0.15, -0.1) is 0 Å². The van der Waals surface area contributed by atoms with Crippen LogP contribution in [0.15, 0.2) is 78.9 Å². The number of benzene rings is 3. The zero-order valence-electron chi connectivity index (χ0n) is 23.0. The number of nitrogens with two attached hydrogens (primary N) is 1. The van der Waals surface area contributed by atoms with Crippen molar-refractivity contribution in [2.75, 3.05) is 33.3 Å². The van der Waals surface area contributed by atoms with E-state index in [1.165, 1.54) is 16.7 Å². The Labute approximate surface area is 231 Å². The maximum absolute atomic E-state index is 13.6. The first-order chi connectivity index (χ1) is 19.0. The lowest BCUT2D eigenvalue weighted by molar-refractivity contribution is -0.127. The van der Waals surface area contributed by atoms with Gasteiger partial charge in [-0.2, -0.15) is 0 Å². The fourth-order valence-corrected chi connectivity index (χ4v) is 5.24. The van der Waals surface area contributed by atoms with Gasteiger partial charge >= 0.3 is 0 Å². The molecule has 1 saturated heterocycles. The highest BCUT2D eigenvalue weighted by atomic mass is 16.5. The van der Waals surface area contributed by atoms with Crippen molar-refractivity contribution in [3.8, 4) is 5.75 Å². The molecule has 3 aromatic rings. The van der Waals surface area contributed by atoms with E-state index in [-0.39, 0.29) is 17.9 Å². The molecular formula is C32H40N4O3. The second-order valence-corrected chi connectivity index (χ2v) is 10.2. The quantitative estimate of drug-likeness (QED) is 0.395. The molecule has 2 amide bonds. The van der Waals surface area contributed by atoms with E-state index in [1.807, 2.05) is 12.1 Å². The summed E-state index contributed by atoms with van der Waals surface area (Å²) in [5, 5.41) is 2.93. The summed E-state index contributed by atoms with van der Waals surface area (Å²) in [6, 6.07) is 25.8. The fraction of sp³-hybridized carbons (Fsp3) is 0.375. The van der Waals surface area contributed by atoms with Crippen molar-refractivity contribution >= 4 is 11.8 Å². The number of hydrogen-bond donors (Lipinski definition) is 2. The van der Waals surface area contributed by atoms with Gasteiger partial charge in [0.2, 0.25) is 5.91 Å². The largest absolute Gasteiger partial charge is 0.497 e.